The fourth-order valence-electron chi connectivity index (χ4n) is 1.92. The Hall–Kier alpha value is -1.69. The van der Waals surface area contributed by atoms with E-state index in [1.54, 1.807) is 31.4 Å². The minimum absolute atomic E-state index is 0.0917. The van der Waals surface area contributed by atoms with Gasteiger partial charge in [-0.1, -0.05) is 18.2 Å². The largest absolute Gasteiger partial charge is 0.496 e. The van der Waals surface area contributed by atoms with Crippen LogP contribution in [-0.4, -0.2) is 7.11 Å². The Kier molecular flexibility index (Phi) is 4.77. The van der Waals surface area contributed by atoms with E-state index in [1.165, 1.54) is 12.1 Å². The molecule has 0 heterocycles. The summed E-state index contributed by atoms with van der Waals surface area (Å²) in [7, 11) is 1.55. The number of hydrogen-bond acceptors (Lipinski definition) is 2. The molecule has 0 aromatic heterocycles. The molecule has 0 aliphatic carbocycles. The molecule has 21 heavy (non-hydrogen) atoms. The summed E-state index contributed by atoms with van der Waals surface area (Å²) in [6.07, 6.45) is -4.35. The summed E-state index contributed by atoms with van der Waals surface area (Å²) >= 11 is 3.33. The number of ether oxygens (including phenoxy) is 1. The maximum Gasteiger partial charge on any atom is 0.416 e. The smallest absolute Gasteiger partial charge is 0.416 e. The van der Waals surface area contributed by atoms with Gasteiger partial charge in [0.25, 0.3) is 0 Å². The van der Waals surface area contributed by atoms with Crippen LogP contribution >= 0.6 is 15.9 Å². The van der Waals surface area contributed by atoms with Crippen LogP contribution < -0.4 is 10.1 Å². The highest BCUT2D eigenvalue weighted by atomic mass is 79.9. The molecule has 0 amide bonds. The molecule has 6 heteroatoms. The van der Waals surface area contributed by atoms with Gasteiger partial charge in [-0.2, -0.15) is 13.2 Å². The maximum atomic E-state index is 12.9. The maximum absolute atomic E-state index is 12.9. The second kappa shape index (κ2) is 6.39. The van der Waals surface area contributed by atoms with Gasteiger partial charge in [0.15, 0.2) is 0 Å². The summed E-state index contributed by atoms with van der Waals surface area (Å²) in [6, 6.07) is 10.8. The second-order valence-electron chi connectivity index (χ2n) is 4.36. The molecule has 2 nitrogen and oxygen atoms in total. The highest BCUT2D eigenvalue weighted by Crippen LogP contribution is 2.32. The van der Waals surface area contributed by atoms with Gasteiger partial charge in [-0.25, -0.2) is 0 Å². The minimum atomic E-state index is -4.35. The zero-order chi connectivity index (χ0) is 15.5. The monoisotopic (exact) mass is 359 g/mol. The molecule has 0 atom stereocenters. The quantitative estimate of drug-likeness (QED) is 0.820. The Morgan fingerprint density at radius 1 is 1.14 bits per heavy atom. The molecule has 2 rings (SSSR count). The Labute approximate surface area is 129 Å². The molecular weight excluding hydrogens is 347 g/mol. The van der Waals surface area contributed by atoms with E-state index in [0.717, 1.165) is 10.5 Å². The van der Waals surface area contributed by atoms with Crippen molar-refractivity contribution in [1.82, 2.24) is 0 Å². The Morgan fingerprint density at radius 2 is 1.86 bits per heavy atom. The topological polar surface area (TPSA) is 21.3 Å². The summed E-state index contributed by atoms with van der Waals surface area (Å²) in [5, 5.41) is 2.98. The van der Waals surface area contributed by atoms with Crippen molar-refractivity contribution in [1.29, 1.82) is 0 Å². The van der Waals surface area contributed by atoms with Crippen molar-refractivity contribution >= 4 is 21.6 Å². The fourth-order valence-corrected chi connectivity index (χ4v) is 2.47. The van der Waals surface area contributed by atoms with Crippen molar-refractivity contribution in [2.75, 3.05) is 12.4 Å². The van der Waals surface area contributed by atoms with Crippen LogP contribution in [0.3, 0.4) is 0 Å². The Balaban J connectivity index is 2.15. The van der Waals surface area contributed by atoms with Crippen LogP contribution in [0.15, 0.2) is 46.9 Å². The van der Waals surface area contributed by atoms with Crippen LogP contribution in [0.2, 0.25) is 0 Å². The molecule has 0 spiro atoms. The van der Waals surface area contributed by atoms with E-state index < -0.39 is 11.7 Å². The first-order valence-electron chi connectivity index (χ1n) is 6.14. The second-order valence-corrected chi connectivity index (χ2v) is 5.21. The Morgan fingerprint density at radius 3 is 2.48 bits per heavy atom. The summed E-state index contributed by atoms with van der Waals surface area (Å²) in [5.41, 5.74) is 0.293. The molecule has 2 aromatic carbocycles. The number of benzene rings is 2. The summed E-state index contributed by atoms with van der Waals surface area (Å²) in [6.45, 7) is 0.0917. The summed E-state index contributed by atoms with van der Waals surface area (Å²) in [4.78, 5) is 0. The van der Waals surface area contributed by atoms with Gasteiger partial charge in [-0.05, 0) is 45.8 Å². The average Bonchev–Trinajstić information content (AvgIpc) is 2.44. The SMILES string of the molecule is COc1ccc(NCc2ccccc2C(F)(F)F)cc1Br. The number of halogens is 4. The third-order valence-corrected chi connectivity index (χ3v) is 3.58. The van der Waals surface area contributed by atoms with Gasteiger partial charge in [0, 0.05) is 12.2 Å². The number of hydrogen-bond donors (Lipinski definition) is 1. The fraction of sp³-hybridized carbons (Fsp3) is 0.200. The lowest BCUT2D eigenvalue weighted by Gasteiger charge is -2.14. The van der Waals surface area contributed by atoms with Gasteiger partial charge in [0.1, 0.15) is 5.75 Å². The van der Waals surface area contributed by atoms with Crippen molar-refractivity contribution in [3.8, 4) is 5.75 Å². The predicted molar refractivity (Wildman–Crippen MR) is 79.5 cm³/mol. The van der Waals surface area contributed by atoms with Crippen LogP contribution in [0.25, 0.3) is 0 Å². The van der Waals surface area contributed by atoms with Crippen molar-refractivity contribution in [2.45, 2.75) is 12.7 Å². The number of methoxy groups -OCH3 is 1. The molecule has 0 unspecified atom stereocenters. The van der Waals surface area contributed by atoms with Crippen molar-refractivity contribution in [2.24, 2.45) is 0 Å². The lowest BCUT2D eigenvalue weighted by atomic mass is 10.1. The predicted octanol–water partition coefficient (Wildman–Crippen LogP) is 5.09. The van der Waals surface area contributed by atoms with Gasteiger partial charge in [0.05, 0.1) is 17.1 Å². The van der Waals surface area contributed by atoms with Crippen LogP contribution in [0.5, 0.6) is 5.75 Å². The van der Waals surface area contributed by atoms with Crippen LogP contribution in [0.1, 0.15) is 11.1 Å². The van der Waals surface area contributed by atoms with Crippen LogP contribution in [0.4, 0.5) is 18.9 Å². The lowest BCUT2D eigenvalue weighted by Crippen LogP contribution is -2.11. The molecule has 112 valence electrons. The van der Waals surface area contributed by atoms with E-state index in [0.29, 0.717) is 11.4 Å². The van der Waals surface area contributed by atoms with Crippen molar-refractivity contribution < 1.29 is 17.9 Å². The lowest BCUT2D eigenvalue weighted by molar-refractivity contribution is -0.138. The van der Waals surface area contributed by atoms with Gasteiger partial charge >= 0.3 is 6.18 Å². The van der Waals surface area contributed by atoms with E-state index in [1.807, 2.05) is 0 Å². The summed E-state index contributed by atoms with van der Waals surface area (Å²) < 4.78 is 44.5. The summed E-state index contributed by atoms with van der Waals surface area (Å²) in [5.74, 6) is 0.663. The van der Waals surface area contributed by atoms with E-state index in [2.05, 4.69) is 21.2 Å². The molecule has 2 aromatic rings. The van der Waals surface area contributed by atoms with Crippen molar-refractivity contribution in [3.05, 3.63) is 58.1 Å². The van der Waals surface area contributed by atoms with Crippen LogP contribution in [0, 0.1) is 0 Å². The van der Waals surface area contributed by atoms with Gasteiger partial charge in [-0.15, -0.1) is 0 Å². The number of alkyl halides is 3. The molecule has 0 aliphatic rings. The molecule has 1 N–H and O–H groups in total. The van der Waals surface area contributed by atoms with Gasteiger partial charge in [-0.3, -0.25) is 0 Å². The number of rotatable bonds is 4. The number of anilines is 1. The molecule has 0 saturated heterocycles. The average molecular weight is 360 g/mol. The number of nitrogens with one attached hydrogen (secondary N) is 1. The normalized spacial score (nSPS) is 11.3. The molecule has 0 radical (unpaired) electrons. The van der Waals surface area contributed by atoms with Crippen LogP contribution in [-0.2, 0) is 12.7 Å². The molecule has 0 aliphatic heterocycles. The first kappa shape index (κ1) is 15.7. The highest BCUT2D eigenvalue weighted by Gasteiger charge is 2.32. The molecule has 0 bridgehead atoms. The first-order valence-corrected chi connectivity index (χ1v) is 6.93. The zero-order valence-corrected chi connectivity index (χ0v) is 12.8. The Bertz CT molecular complexity index is 629. The molecule has 0 saturated carbocycles. The van der Waals surface area contributed by atoms with Gasteiger partial charge in [0.2, 0.25) is 0 Å². The molecule has 0 fully saturated rings. The van der Waals surface area contributed by atoms with Gasteiger partial charge < -0.3 is 10.1 Å². The third-order valence-electron chi connectivity index (χ3n) is 2.96. The third kappa shape index (κ3) is 3.91. The first-order chi connectivity index (χ1) is 9.91. The minimum Gasteiger partial charge on any atom is -0.496 e. The zero-order valence-electron chi connectivity index (χ0n) is 11.2. The van der Waals surface area contributed by atoms with E-state index in [-0.39, 0.29) is 12.1 Å². The highest BCUT2D eigenvalue weighted by molar-refractivity contribution is 9.10. The van der Waals surface area contributed by atoms with E-state index in [4.69, 9.17) is 4.74 Å². The molecular formula is C15H13BrF3NO. The van der Waals surface area contributed by atoms with Crippen molar-refractivity contribution in [3.63, 3.8) is 0 Å². The van der Waals surface area contributed by atoms with E-state index >= 15 is 0 Å². The van der Waals surface area contributed by atoms with E-state index in [9.17, 15) is 13.2 Å². The standard InChI is InChI=1S/C15H13BrF3NO/c1-21-14-7-6-11(8-13(14)16)20-9-10-4-2-3-5-12(10)15(17,18)19/h2-8,20H,9H2,1H3.